The molecule has 2 rings (SSSR count). The molecule has 12 heteroatoms. The molecule has 0 fully saturated rings. The molecule has 130 valence electrons. The van der Waals surface area contributed by atoms with Gasteiger partial charge in [-0.1, -0.05) is 23.2 Å². The Balaban J connectivity index is 0.00000288. The number of nitrogens with zero attached hydrogens (tertiary/aromatic N) is 1. The van der Waals surface area contributed by atoms with Gasteiger partial charge in [-0.2, -0.15) is 0 Å². The van der Waals surface area contributed by atoms with Crippen LogP contribution in [0.2, 0.25) is 10.0 Å². The fraction of sp³-hybridized carbons (Fsp3) is 0.0769. The van der Waals surface area contributed by atoms with Gasteiger partial charge in [-0.25, -0.2) is 8.42 Å². The number of nitro groups is 1. The molecule has 2 aromatic carbocycles. The van der Waals surface area contributed by atoms with Gasteiger partial charge in [0.1, 0.15) is 15.5 Å². The monoisotopic (exact) mass is 416 g/mol. The molecular weight excluding hydrogens is 406 g/mol. The average Bonchev–Trinajstić information content (AvgIpc) is 2.47. The number of hydrogen-bond acceptors (Lipinski definition) is 6. The number of halogens is 2. The molecule has 0 spiro atoms. The van der Waals surface area contributed by atoms with Gasteiger partial charge in [0, 0.05) is 17.8 Å². The van der Waals surface area contributed by atoms with E-state index in [-0.39, 0.29) is 62.0 Å². The second-order valence-corrected chi connectivity index (χ2v) is 6.77. The number of nitrogens with one attached hydrogen (secondary N) is 1. The Morgan fingerprint density at radius 2 is 1.60 bits per heavy atom. The molecule has 0 saturated heterocycles. The van der Waals surface area contributed by atoms with Crippen LogP contribution in [0.25, 0.3) is 0 Å². The van der Waals surface area contributed by atoms with Crippen molar-refractivity contribution in [1.29, 1.82) is 0 Å². The molecule has 1 unspecified atom stereocenters. The second-order valence-electron chi connectivity index (χ2n) is 4.49. The van der Waals surface area contributed by atoms with E-state index in [0.717, 1.165) is 12.1 Å². The van der Waals surface area contributed by atoms with Gasteiger partial charge in [-0.15, -0.1) is 0 Å². The maximum Gasteiger partial charge on any atom is 1.00 e. The third-order valence-electron chi connectivity index (χ3n) is 2.91. The van der Waals surface area contributed by atoms with Gasteiger partial charge in [0.25, 0.3) is 5.69 Å². The number of anilines is 1. The van der Waals surface area contributed by atoms with Crippen molar-refractivity contribution in [2.24, 2.45) is 0 Å². The van der Waals surface area contributed by atoms with Crippen molar-refractivity contribution < 1.29 is 52.9 Å². The van der Waals surface area contributed by atoms with E-state index < -0.39 is 20.4 Å². The first-order chi connectivity index (χ1) is 10.7. The quantitative estimate of drug-likeness (QED) is 0.307. The first-order valence-corrected chi connectivity index (χ1v) is 8.32. The van der Waals surface area contributed by atoms with Crippen molar-refractivity contribution in [1.82, 2.24) is 0 Å². The van der Waals surface area contributed by atoms with Crippen LogP contribution >= 0.6 is 23.2 Å². The van der Waals surface area contributed by atoms with Crippen molar-refractivity contribution in [2.75, 3.05) is 5.32 Å². The third-order valence-corrected chi connectivity index (χ3v) is 4.62. The molecule has 2 aromatic rings. The van der Waals surface area contributed by atoms with Crippen LogP contribution in [-0.4, -0.2) is 23.4 Å². The van der Waals surface area contributed by atoms with Gasteiger partial charge in [0.2, 0.25) is 0 Å². The Morgan fingerprint density at radius 3 is 2.04 bits per heavy atom. The average molecular weight is 417 g/mol. The van der Waals surface area contributed by atoms with Crippen LogP contribution in [0.4, 0.5) is 11.4 Å². The van der Waals surface area contributed by atoms with E-state index in [0.29, 0.717) is 0 Å². The van der Waals surface area contributed by atoms with E-state index in [4.69, 9.17) is 23.2 Å². The summed E-state index contributed by atoms with van der Waals surface area (Å²) < 4.78 is 34.5. The van der Waals surface area contributed by atoms with Gasteiger partial charge in [0.15, 0.2) is 0 Å². The summed E-state index contributed by atoms with van der Waals surface area (Å²) in [5.41, 5.74) is 0.115. The summed E-state index contributed by atoms with van der Waals surface area (Å²) in [5.74, 6) is 0. The molecule has 0 amide bonds. The van der Waals surface area contributed by atoms with Crippen LogP contribution in [0.15, 0.2) is 42.5 Å². The summed E-state index contributed by atoms with van der Waals surface area (Å²) in [4.78, 5) is 9.99. The predicted molar refractivity (Wildman–Crippen MR) is 89.2 cm³/mol. The van der Waals surface area contributed by atoms with E-state index >= 15 is 0 Å². The summed E-state index contributed by atoms with van der Waals surface area (Å²) in [5, 5.41) is 12.0. The largest absolute Gasteiger partial charge is 1.00 e. The molecule has 0 aliphatic carbocycles. The van der Waals surface area contributed by atoms with Crippen molar-refractivity contribution in [2.45, 2.75) is 5.37 Å². The predicted octanol–water partition coefficient (Wildman–Crippen LogP) is -0.263. The van der Waals surface area contributed by atoms with E-state index in [1.54, 1.807) is 0 Å². The van der Waals surface area contributed by atoms with Crippen molar-refractivity contribution in [3.63, 3.8) is 0 Å². The number of hydrogen-bond donors (Lipinski definition) is 1. The molecular formula is C13H11Cl2N2NaO6S. The summed E-state index contributed by atoms with van der Waals surface area (Å²) in [6.45, 7) is 0. The minimum Gasteiger partial charge on any atom is -0.746 e. The molecule has 3 N–H and O–H groups in total. The Bertz CT molecular complexity index is 848. The zero-order valence-corrected chi connectivity index (χ0v) is 17.1. The smallest absolute Gasteiger partial charge is 0.746 e. The summed E-state index contributed by atoms with van der Waals surface area (Å²) >= 11 is 11.6. The standard InChI is InChI=1S/C13H10Cl2N2O5S.Na.H2O/c14-11-6-3-9(7-12(11)15)16-13(23(20,21)22)8-1-4-10(5-2-8)17(18)19;;/h1-7,13,16H,(H,20,21,22);;1H2/q;+1;/p-1. The van der Waals surface area contributed by atoms with Gasteiger partial charge < -0.3 is 15.3 Å². The number of non-ortho nitro benzene ring substituents is 1. The molecule has 0 aliphatic rings. The van der Waals surface area contributed by atoms with Crippen molar-refractivity contribution >= 4 is 44.7 Å². The third kappa shape index (κ3) is 6.39. The molecule has 0 bridgehead atoms. The molecule has 0 heterocycles. The van der Waals surface area contributed by atoms with E-state index in [2.05, 4.69) is 5.32 Å². The molecule has 8 nitrogen and oxygen atoms in total. The topological polar surface area (TPSA) is 144 Å². The zero-order valence-electron chi connectivity index (χ0n) is 12.8. The van der Waals surface area contributed by atoms with Crippen LogP contribution in [0.5, 0.6) is 0 Å². The second kappa shape index (κ2) is 9.70. The normalized spacial score (nSPS) is 11.6. The first-order valence-electron chi connectivity index (χ1n) is 6.09. The van der Waals surface area contributed by atoms with E-state index in [1.165, 1.54) is 30.3 Å². The van der Waals surface area contributed by atoms with Gasteiger partial charge >= 0.3 is 29.6 Å². The van der Waals surface area contributed by atoms with Gasteiger partial charge in [-0.05, 0) is 35.9 Å². The molecule has 1 atom stereocenters. The van der Waals surface area contributed by atoms with Gasteiger partial charge in [-0.3, -0.25) is 10.1 Å². The summed E-state index contributed by atoms with van der Waals surface area (Å²) in [7, 11) is -4.78. The number of nitro benzene ring substituents is 1. The van der Waals surface area contributed by atoms with Crippen LogP contribution in [0.3, 0.4) is 0 Å². The number of rotatable bonds is 5. The number of benzene rings is 2. The summed E-state index contributed by atoms with van der Waals surface area (Å²) in [6.07, 6.45) is 0. The van der Waals surface area contributed by atoms with Gasteiger partial charge in [0.05, 0.1) is 15.0 Å². The Labute approximate surface area is 175 Å². The fourth-order valence-electron chi connectivity index (χ4n) is 1.83. The molecule has 0 radical (unpaired) electrons. The molecule has 25 heavy (non-hydrogen) atoms. The minimum absolute atomic E-state index is 0. The van der Waals surface area contributed by atoms with Crippen LogP contribution < -0.4 is 34.9 Å². The zero-order chi connectivity index (χ0) is 17.2. The van der Waals surface area contributed by atoms with Crippen LogP contribution in [0.1, 0.15) is 10.9 Å². The SMILES string of the molecule is O.O=[N+]([O-])c1ccc(C(Nc2ccc(Cl)c(Cl)c2)S(=O)(=O)[O-])cc1.[Na+]. The van der Waals surface area contributed by atoms with Crippen LogP contribution in [0, 0.1) is 10.1 Å². The summed E-state index contributed by atoms with van der Waals surface area (Å²) in [6, 6.07) is 8.89. The fourth-order valence-corrected chi connectivity index (χ4v) is 2.90. The van der Waals surface area contributed by atoms with E-state index in [9.17, 15) is 23.1 Å². The maximum atomic E-state index is 11.5. The van der Waals surface area contributed by atoms with Crippen molar-refractivity contribution in [3.8, 4) is 0 Å². The van der Waals surface area contributed by atoms with Crippen molar-refractivity contribution in [3.05, 3.63) is 68.2 Å². The van der Waals surface area contributed by atoms with Crippen LogP contribution in [-0.2, 0) is 10.1 Å². The Hall–Kier alpha value is -0.910. The molecule has 0 aliphatic heterocycles. The first kappa shape index (κ1) is 24.1. The minimum atomic E-state index is -4.78. The molecule has 0 saturated carbocycles. The Kier molecular flexibility index (Phi) is 9.34. The van der Waals surface area contributed by atoms with E-state index in [1.807, 2.05) is 0 Å². The molecule has 0 aromatic heterocycles. The Morgan fingerprint density at radius 1 is 1.04 bits per heavy atom. The maximum absolute atomic E-state index is 11.5.